The lowest BCUT2D eigenvalue weighted by molar-refractivity contribution is -0.384. The molecule has 0 radical (unpaired) electrons. The van der Waals surface area contributed by atoms with Gasteiger partial charge in [-0.3, -0.25) is 10.1 Å². The van der Waals surface area contributed by atoms with Crippen molar-refractivity contribution >= 4 is 46.5 Å². The number of halogens is 3. The lowest BCUT2D eigenvalue weighted by atomic mass is 10.2. The molecule has 0 N–H and O–H groups in total. The molecule has 0 aliphatic heterocycles. The quantitative estimate of drug-likeness (QED) is 0.307. The van der Waals surface area contributed by atoms with E-state index in [1.54, 1.807) is 18.2 Å². The second-order valence-electron chi connectivity index (χ2n) is 4.46. The van der Waals surface area contributed by atoms with Crippen LogP contribution in [0.4, 0.5) is 5.69 Å². The first kappa shape index (κ1) is 18.3. The van der Waals surface area contributed by atoms with Gasteiger partial charge >= 0.3 is 5.97 Å². The smallest absolute Gasteiger partial charge is 0.338 e. The Hall–Kier alpha value is -2.02. The first-order chi connectivity index (χ1) is 11.4. The molecule has 126 valence electrons. The van der Waals surface area contributed by atoms with Gasteiger partial charge in [0.15, 0.2) is 5.75 Å². The minimum absolute atomic E-state index is 0.0156. The Balaban J connectivity index is 1.92. The van der Waals surface area contributed by atoms with Crippen LogP contribution in [-0.2, 0) is 4.74 Å². The predicted molar refractivity (Wildman–Crippen MR) is 90.3 cm³/mol. The number of rotatable bonds is 6. The molecule has 0 bridgehead atoms. The first-order valence-electron chi connectivity index (χ1n) is 6.58. The Kier molecular flexibility index (Phi) is 6.25. The number of benzene rings is 2. The predicted octanol–water partition coefficient (Wildman–Crippen LogP) is 4.79. The number of hydrogen-bond donors (Lipinski definition) is 0. The van der Waals surface area contributed by atoms with Gasteiger partial charge in [0.1, 0.15) is 18.2 Å². The van der Waals surface area contributed by atoms with E-state index in [1.807, 2.05) is 0 Å². The number of carbonyl (C=O) groups is 1. The van der Waals surface area contributed by atoms with Gasteiger partial charge in [-0.05, 0) is 24.3 Å². The highest BCUT2D eigenvalue weighted by Crippen LogP contribution is 2.32. The highest BCUT2D eigenvalue weighted by atomic mass is 35.5. The second-order valence-corrected chi connectivity index (χ2v) is 5.68. The van der Waals surface area contributed by atoms with E-state index in [0.29, 0.717) is 15.8 Å². The Labute approximate surface area is 152 Å². The molecule has 0 saturated carbocycles. The summed E-state index contributed by atoms with van der Waals surface area (Å²) in [5.41, 5.74) is -0.355. The summed E-state index contributed by atoms with van der Waals surface area (Å²) in [6.07, 6.45) is 0. The van der Waals surface area contributed by atoms with E-state index >= 15 is 0 Å². The number of para-hydroxylation sites is 1. The zero-order valence-corrected chi connectivity index (χ0v) is 14.3. The topological polar surface area (TPSA) is 78.7 Å². The van der Waals surface area contributed by atoms with Gasteiger partial charge in [-0.2, -0.15) is 0 Å². The molecule has 0 aliphatic carbocycles. The van der Waals surface area contributed by atoms with Gasteiger partial charge in [0, 0.05) is 6.07 Å². The molecule has 0 aliphatic rings. The molecule has 0 amide bonds. The van der Waals surface area contributed by atoms with Crippen molar-refractivity contribution in [3.8, 4) is 5.75 Å². The fourth-order valence-electron chi connectivity index (χ4n) is 1.76. The van der Waals surface area contributed by atoms with Crippen LogP contribution in [0, 0.1) is 10.1 Å². The molecule has 2 aromatic rings. The van der Waals surface area contributed by atoms with E-state index in [9.17, 15) is 14.9 Å². The third kappa shape index (κ3) is 4.50. The van der Waals surface area contributed by atoms with Crippen LogP contribution >= 0.6 is 34.8 Å². The van der Waals surface area contributed by atoms with E-state index in [0.717, 1.165) is 6.07 Å². The maximum atomic E-state index is 11.9. The molecule has 0 atom stereocenters. The zero-order valence-electron chi connectivity index (χ0n) is 12.0. The Morgan fingerprint density at radius 1 is 1.04 bits per heavy atom. The largest absolute Gasteiger partial charge is 0.487 e. The van der Waals surface area contributed by atoms with Crippen LogP contribution in [0.5, 0.6) is 5.75 Å². The highest BCUT2D eigenvalue weighted by Gasteiger charge is 2.17. The molecule has 2 aromatic carbocycles. The van der Waals surface area contributed by atoms with Crippen LogP contribution in [-0.4, -0.2) is 24.1 Å². The normalized spacial score (nSPS) is 10.3. The maximum absolute atomic E-state index is 11.9. The minimum Gasteiger partial charge on any atom is -0.487 e. The van der Waals surface area contributed by atoms with Crippen molar-refractivity contribution in [3.63, 3.8) is 0 Å². The molecule has 0 heterocycles. The van der Waals surface area contributed by atoms with Crippen LogP contribution in [0.3, 0.4) is 0 Å². The van der Waals surface area contributed by atoms with E-state index < -0.39 is 10.9 Å². The highest BCUT2D eigenvalue weighted by molar-refractivity contribution is 6.37. The number of esters is 1. The fraction of sp³-hybridized carbons (Fsp3) is 0.133. The molecular formula is C15H10Cl3NO5. The van der Waals surface area contributed by atoms with Crippen LogP contribution in [0.2, 0.25) is 15.1 Å². The van der Waals surface area contributed by atoms with Crippen molar-refractivity contribution < 1.29 is 19.2 Å². The van der Waals surface area contributed by atoms with Crippen LogP contribution in [0.15, 0.2) is 36.4 Å². The molecule has 24 heavy (non-hydrogen) atoms. The number of nitro groups is 1. The van der Waals surface area contributed by atoms with Crippen LogP contribution in [0.25, 0.3) is 0 Å². The van der Waals surface area contributed by atoms with Gasteiger partial charge < -0.3 is 9.47 Å². The number of ether oxygens (including phenoxy) is 2. The fourth-order valence-corrected chi connectivity index (χ4v) is 2.45. The SMILES string of the molecule is O=C(OCCOc1c(Cl)cccc1Cl)c1ccc(Cl)c([N+](=O)[O-])c1. The molecule has 2 rings (SSSR count). The number of hydrogen-bond acceptors (Lipinski definition) is 5. The Morgan fingerprint density at radius 3 is 2.33 bits per heavy atom. The summed E-state index contributed by atoms with van der Waals surface area (Å²) in [6.45, 7) is -0.0678. The van der Waals surface area contributed by atoms with E-state index in [1.165, 1.54) is 12.1 Å². The standard InChI is InChI=1S/C15H10Cl3NO5/c16-10-5-4-9(8-13(10)19(21)22)15(20)24-7-6-23-14-11(17)2-1-3-12(14)18/h1-5,8H,6-7H2. The van der Waals surface area contributed by atoms with Crippen molar-refractivity contribution in [2.75, 3.05) is 13.2 Å². The van der Waals surface area contributed by atoms with Gasteiger partial charge in [0.25, 0.3) is 5.69 Å². The molecule has 0 aromatic heterocycles. The summed E-state index contributed by atoms with van der Waals surface area (Å²) in [5.74, 6) is -0.442. The third-order valence-corrected chi connectivity index (χ3v) is 3.78. The number of nitrogens with zero attached hydrogens (tertiary/aromatic N) is 1. The summed E-state index contributed by atoms with van der Waals surface area (Å²) in [4.78, 5) is 22.0. The molecule has 0 unspecified atom stereocenters. The van der Waals surface area contributed by atoms with Gasteiger partial charge in [-0.25, -0.2) is 4.79 Å². The van der Waals surface area contributed by atoms with Crippen LogP contribution in [0.1, 0.15) is 10.4 Å². The molecule has 0 spiro atoms. The maximum Gasteiger partial charge on any atom is 0.338 e. The zero-order chi connectivity index (χ0) is 17.7. The summed E-state index contributed by atoms with van der Waals surface area (Å²) >= 11 is 17.6. The average molecular weight is 391 g/mol. The van der Waals surface area contributed by atoms with Gasteiger partial charge in [0.2, 0.25) is 0 Å². The lowest BCUT2D eigenvalue weighted by Gasteiger charge is -2.10. The molecule has 9 heteroatoms. The Bertz CT molecular complexity index is 761. The first-order valence-corrected chi connectivity index (χ1v) is 7.71. The summed E-state index contributed by atoms with van der Waals surface area (Å²) < 4.78 is 10.4. The molecule has 0 saturated heterocycles. The average Bonchev–Trinajstić information content (AvgIpc) is 2.53. The summed E-state index contributed by atoms with van der Waals surface area (Å²) in [7, 11) is 0. The summed E-state index contributed by atoms with van der Waals surface area (Å²) in [6, 6.07) is 8.55. The molecular weight excluding hydrogens is 381 g/mol. The van der Waals surface area contributed by atoms with Gasteiger partial charge in [-0.15, -0.1) is 0 Å². The monoisotopic (exact) mass is 389 g/mol. The third-order valence-electron chi connectivity index (χ3n) is 2.86. The molecule has 6 nitrogen and oxygen atoms in total. The van der Waals surface area contributed by atoms with Crippen molar-refractivity contribution in [3.05, 3.63) is 67.1 Å². The van der Waals surface area contributed by atoms with E-state index in [4.69, 9.17) is 44.3 Å². The van der Waals surface area contributed by atoms with E-state index in [-0.39, 0.29) is 29.5 Å². The van der Waals surface area contributed by atoms with Crippen LogP contribution < -0.4 is 4.74 Å². The van der Waals surface area contributed by atoms with Crippen molar-refractivity contribution in [1.82, 2.24) is 0 Å². The molecule has 0 fully saturated rings. The summed E-state index contributed by atoms with van der Waals surface area (Å²) in [5, 5.41) is 11.4. The van der Waals surface area contributed by atoms with Gasteiger partial charge in [-0.1, -0.05) is 40.9 Å². The van der Waals surface area contributed by atoms with Crippen molar-refractivity contribution in [2.45, 2.75) is 0 Å². The second kappa shape index (κ2) is 8.19. The minimum atomic E-state index is -0.733. The number of nitro benzene ring substituents is 1. The van der Waals surface area contributed by atoms with Gasteiger partial charge in [0.05, 0.1) is 20.5 Å². The van der Waals surface area contributed by atoms with Crippen molar-refractivity contribution in [1.29, 1.82) is 0 Å². The Morgan fingerprint density at radius 2 is 1.71 bits per heavy atom. The van der Waals surface area contributed by atoms with Crippen molar-refractivity contribution in [2.24, 2.45) is 0 Å². The lowest BCUT2D eigenvalue weighted by Crippen LogP contribution is -2.13. The van der Waals surface area contributed by atoms with E-state index in [2.05, 4.69) is 0 Å². The number of carbonyl (C=O) groups excluding carboxylic acids is 1.